The van der Waals surface area contributed by atoms with Crippen LogP contribution >= 0.6 is 0 Å². The Balaban J connectivity index is 1.19. The Kier molecular flexibility index (Phi) is 12.7. The number of ketones is 2. The topological polar surface area (TPSA) is 230 Å². The SMILES string of the molecule is CC(=O)[C@H](CO)NC1=C2[C@H](CC[C@]3(C)[C@@H]4[C@@H](CC#C[C@@H]([C@@H]5COC(=O)[C@H]5c5cc[nH]c5)C[C@H]5[C@@H](CC=C6CC[C@H](C)C[C@@H]65)[C@H](CO)C[C@@H](O)[C@]4(C)O)C[C@@]23O)[C@@]2(C)C[C@H](O)[C@H](O)C[C@H]2C1=O. The van der Waals surface area contributed by atoms with Crippen molar-refractivity contribution in [2.24, 2.45) is 75.9 Å². The minimum Gasteiger partial charge on any atom is -0.465 e. The van der Waals surface area contributed by atoms with Gasteiger partial charge in [-0.3, -0.25) is 14.4 Å². The van der Waals surface area contributed by atoms with Crippen LogP contribution in [0.1, 0.15) is 123 Å². The number of allylic oxidation sites excluding steroid dienone is 3. The molecule has 13 heteroatoms. The number of cyclic esters (lactones) is 1. The second-order valence-corrected chi connectivity index (χ2v) is 23.1. The molecule has 0 bridgehead atoms. The van der Waals surface area contributed by atoms with Crippen LogP contribution in [-0.2, 0) is 19.1 Å². The fourth-order valence-electron chi connectivity index (χ4n) is 16.1. The van der Waals surface area contributed by atoms with E-state index in [1.165, 1.54) is 12.5 Å². The van der Waals surface area contributed by atoms with Crippen molar-refractivity contribution in [2.45, 2.75) is 153 Å². The van der Waals surface area contributed by atoms with Gasteiger partial charge in [-0.2, -0.15) is 0 Å². The van der Waals surface area contributed by atoms with E-state index in [4.69, 9.17) is 4.74 Å². The summed E-state index contributed by atoms with van der Waals surface area (Å²) in [5.74, 6) is 3.13. The van der Waals surface area contributed by atoms with Crippen molar-refractivity contribution in [3.8, 4) is 11.8 Å². The molecule has 0 spiro atoms. The van der Waals surface area contributed by atoms with Gasteiger partial charge in [-0.15, -0.1) is 5.92 Å². The van der Waals surface area contributed by atoms with Gasteiger partial charge in [0.1, 0.15) is 6.04 Å². The second-order valence-electron chi connectivity index (χ2n) is 23.1. The van der Waals surface area contributed by atoms with Crippen molar-refractivity contribution >= 4 is 17.5 Å². The fourth-order valence-corrected chi connectivity index (χ4v) is 16.1. The Hall–Kier alpha value is -3.35. The first-order valence-electron chi connectivity index (χ1n) is 25.0. The number of H-pyrrole nitrogens is 1. The molecule has 0 amide bonds. The number of ether oxygens (including phenoxy) is 1. The van der Waals surface area contributed by atoms with Crippen molar-refractivity contribution in [2.75, 3.05) is 19.8 Å². The number of carbonyl (C=O) groups excluding carboxylic acids is 3. The maximum absolute atomic E-state index is 15.0. The Morgan fingerprint density at radius 1 is 0.985 bits per heavy atom. The van der Waals surface area contributed by atoms with Gasteiger partial charge in [0.15, 0.2) is 11.6 Å². The summed E-state index contributed by atoms with van der Waals surface area (Å²) in [6.07, 6.45) is 8.37. The van der Waals surface area contributed by atoms with Gasteiger partial charge in [-0.25, -0.2) is 0 Å². The number of aromatic nitrogens is 1. The molecule has 8 aliphatic rings. The molecule has 1 aromatic rings. The zero-order valence-electron chi connectivity index (χ0n) is 39.4. The highest BCUT2D eigenvalue weighted by molar-refractivity contribution is 6.00. The van der Waals surface area contributed by atoms with Crippen molar-refractivity contribution in [1.29, 1.82) is 0 Å². The van der Waals surface area contributed by atoms with Gasteiger partial charge >= 0.3 is 5.97 Å². The van der Waals surface area contributed by atoms with Crippen LogP contribution in [0.2, 0.25) is 0 Å². The van der Waals surface area contributed by atoms with Gasteiger partial charge in [0.05, 0.1) is 54.3 Å². The molecule has 9 rings (SSSR count). The number of aromatic amines is 1. The summed E-state index contributed by atoms with van der Waals surface area (Å²) in [4.78, 5) is 44.6. The number of aliphatic hydroxyl groups is 7. The van der Waals surface area contributed by atoms with E-state index >= 15 is 0 Å². The summed E-state index contributed by atoms with van der Waals surface area (Å²) in [7, 11) is 0. The van der Waals surface area contributed by atoms with Crippen LogP contribution in [0, 0.1) is 87.8 Å². The van der Waals surface area contributed by atoms with Crippen LogP contribution in [0.3, 0.4) is 0 Å². The van der Waals surface area contributed by atoms with Crippen molar-refractivity contribution in [3.05, 3.63) is 46.9 Å². The van der Waals surface area contributed by atoms with E-state index < -0.39 is 94.1 Å². The number of Topliss-reactive ketones (excluding diaryl/α,β-unsaturated/α-hetero) is 2. The van der Waals surface area contributed by atoms with Crippen LogP contribution < -0.4 is 5.32 Å². The molecule has 0 radical (unpaired) electrons. The Morgan fingerprint density at radius 3 is 2.45 bits per heavy atom. The molecule has 13 nitrogen and oxygen atoms in total. The molecular formula is C53H74N2O11. The Morgan fingerprint density at radius 2 is 1.76 bits per heavy atom. The van der Waals surface area contributed by atoms with Crippen LogP contribution in [-0.4, -0.2) is 114 Å². The van der Waals surface area contributed by atoms with Crippen molar-refractivity contribution < 1.29 is 54.9 Å². The highest BCUT2D eigenvalue weighted by Gasteiger charge is 2.73. The lowest BCUT2D eigenvalue weighted by molar-refractivity contribution is -0.184. The quantitative estimate of drug-likeness (QED) is 0.107. The van der Waals surface area contributed by atoms with E-state index in [0.29, 0.717) is 30.8 Å². The summed E-state index contributed by atoms with van der Waals surface area (Å²) in [6.45, 7) is 8.57. The number of fused-ring (bicyclic) bond motifs is 10. The zero-order chi connectivity index (χ0) is 47.2. The second kappa shape index (κ2) is 17.6. The van der Waals surface area contributed by atoms with Crippen molar-refractivity contribution in [3.63, 3.8) is 0 Å². The van der Waals surface area contributed by atoms with Gasteiger partial charge in [0.2, 0.25) is 0 Å². The molecule has 2 heterocycles. The number of carbonyl (C=O) groups is 3. The first kappa shape index (κ1) is 47.7. The molecule has 1 aromatic heterocycles. The lowest BCUT2D eigenvalue weighted by Crippen LogP contribution is -2.65. The molecule has 1 aliphatic heterocycles. The average Bonchev–Trinajstić information content (AvgIpc) is 3.99. The third kappa shape index (κ3) is 7.50. The smallest absolute Gasteiger partial charge is 0.313 e. The number of hydrogen-bond acceptors (Lipinski definition) is 12. The normalized spacial score (nSPS) is 47.3. The molecule has 4 saturated carbocycles. The lowest BCUT2D eigenvalue weighted by atomic mass is 9.45. The van der Waals surface area contributed by atoms with Gasteiger partial charge in [0.25, 0.3) is 0 Å². The van der Waals surface area contributed by atoms with E-state index in [9.17, 15) is 50.1 Å². The van der Waals surface area contributed by atoms with E-state index in [1.54, 1.807) is 6.92 Å². The standard InChI is InChI=1S/C53H74N2O11/c1-27-9-10-29-11-12-34-33(24-56)19-43(61)52(5,64)48-31(8-6-7-30(18-36(34)35(29)17-27)37-26-66-49(63)44(37)32-14-16-54-23-32)21-53(65)45-38(13-15-51(48,53)4)50(3)22-42(60)41(59)20-39(50)47(62)46(45)55-40(25-57)28(2)58/h11,14,16,23,27,30-31,33-44,48,54-57,59-61,64-65H,8-10,12-13,15,17-22,24-26H2,1-5H3/t27-,30+,31-,33-,34-,35-,36-,37-,38-,39-,40-,41+,42-,43+,44-,48-,50+,51+,52-,53+/m0/s1. The number of aliphatic hydroxyl groups excluding tert-OH is 5. The molecule has 362 valence electrons. The average molecular weight is 915 g/mol. The zero-order valence-corrected chi connectivity index (χ0v) is 39.4. The molecule has 66 heavy (non-hydrogen) atoms. The minimum atomic E-state index is -1.81. The monoisotopic (exact) mass is 915 g/mol. The number of hydrogen-bond donors (Lipinski definition) is 9. The van der Waals surface area contributed by atoms with Crippen molar-refractivity contribution in [1.82, 2.24) is 10.3 Å². The van der Waals surface area contributed by atoms with Gasteiger partial charge < -0.3 is 50.8 Å². The largest absolute Gasteiger partial charge is 0.465 e. The fraction of sp³-hybridized carbons (Fsp3) is 0.755. The molecule has 1 saturated heterocycles. The highest BCUT2D eigenvalue weighted by atomic mass is 16.5. The summed E-state index contributed by atoms with van der Waals surface area (Å²) in [5.41, 5.74) is -2.89. The number of esters is 1. The summed E-state index contributed by atoms with van der Waals surface area (Å²) < 4.78 is 5.85. The predicted octanol–water partition coefficient (Wildman–Crippen LogP) is 4.09. The molecule has 0 aromatic carbocycles. The molecule has 9 N–H and O–H groups in total. The van der Waals surface area contributed by atoms with Gasteiger partial charge in [0, 0.05) is 54.5 Å². The van der Waals surface area contributed by atoms with E-state index in [-0.39, 0.29) is 92.5 Å². The molecule has 5 fully saturated rings. The lowest BCUT2D eigenvalue weighted by Gasteiger charge is -2.61. The third-order valence-electron chi connectivity index (χ3n) is 19.6. The Bertz CT molecular complexity index is 2170. The van der Waals surface area contributed by atoms with E-state index in [1.807, 2.05) is 32.3 Å². The summed E-state index contributed by atoms with van der Waals surface area (Å²) in [6, 6.07) is 0.771. The van der Waals surface area contributed by atoms with Crippen LogP contribution in [0.4, 0.5) is 0 Å². The van der Waals surface area contributed by atoms with E-state index in [2.05, 4.69) is 35.1 Å². The third-order valence-corrected chi connectivity index (χ3v) is 19.6. The molecular weight excluding hydrogens is 841 g/mol. The van der Waals surface area contributed by atoms with Crippen LogP contribution in [0.5, 0.6) is 0 Å². The number of rotatable bonds is 7. The minimum absolute atomic E-state index is 0.00124. The molecule has 0 unspecified atom stereocenters. The highest BCUT2D eigenvalue weighted by Crippen LogP contribution is 2.71. The first-order chi connectivity index (χ1) is 31.3. The van der Waals surface area contributed by atoms with Gasteiger partial charge in [-0.1, -0.05) is 38.3 Å². The Labute approximate surface area is 389 Å². The summed E-state index contributed by atoms with van der Waals surface area (Å²) >= 11 is 0. The van der Waals surface area contributed by atoms with Crippen LogP contribution in [0.15, 0.2) is 41.4 Å². The van der Waals surface area contributed by atoms with Gasteiger partial charge in [-0.05, 0) is 149 Å². The maximum Gasteiger partial charge on any atom is 0.313 e. The first-order valence-corrected chi connectivity index (χ1v) is 25.0. The maximum atomic E-state index is 15.0. The predicted molar refractivity (Wildman–Crippen MR) is 243 cm³/mol. The molecule has 7 aliphatic carbocycles. The van der Waals surface area contributed by atoms with Crippen LogP contribution in [0.25, 0.3) is 0 Å². The molecule has 20 atom stereocenters. The number of nitrogens with one attached hydrogen (secondary N) is 2. The summed E-state index contributed by atoms with van der Waals surface area (Å²) in [5, 5.41) is 86.6. The van der Waals surface area contributed by atoms with E-state index in [0.717, 1.165) is 31.2 Å².